The molecule has 0 spiro atoms. The number of nitrogens with two attached hydrogens (primary N) is 1. The standard InChI is InChI=1S/C9H11BrCl2N2O2S/c1-5(4-13)14-17(15,16)9-7(11)2-6(10)3-8(9)12/h2-3,5,14H,4,13H2,1H3/t5-/m0/s1. The molecule has 0 fully saturated rings. The van der Waals surface area contributed by atoms with Crippen LogP contribution in [0.2, 0.25) is 10.0 Å². The summed E-state index contributed by atoms with van der Waals surface area (Å²) in [6.07, 6.45) is 0. The van der Waals surface area contributed by atoms with E-state index in [-0.39, 0.29) is 21.5 Å². The maximum Gasteiger partial charge on any atom is 0.243 e. The van der Waals surface area contributed by atoms with Gasteiger partial charge in [0.15, 0.2) is 0 Å². The topological polar surface area (TPSA) is 72.2 Å². The molecule has 0 unspecified atom stereocenters. The average Bonchev–Trinajstić information content (AvgIpc) is 2.14. The molecule has 17 heavy (non-hydrogen) atoms. The van der Waals surface area contributed by atoms with Gasteiger partial charge in [-0.1, -0.05) is 39.1 Å². The Kier molecular flexibility index (Phi) is 5.24. The van der Waals surface area contributed by atoms with Crippen LogP contribution in [0.5, 0.6) is 0 Å². The van der Waals surface area contributed by atoms with Gasteiger partial charge in [-0.15, -0.1) is 0 Å². The lowest BCUT2D eigenvalue weighted by Gasteiger charge is -2.14. The van der Waals surface area contributed by atoms with Gasteiger partial charge in [0.2, 0.25) is 10.0 Å². The molecule has 0 aliphatic rings. The Balaban J connectivity index is 3.25. The van der Waals surface area contributed by atoms with Crippen LogP contribution in [0.25, 0.3) is 0 Å². The van der Waals surface area contributed by atoms with E-state index in [4.69, 9.17) is 28.9 Å². The first kappa shape index (κ1) is 15.2. The van der Waals surface area contributed by atoms with Gasteiger partial charge in [0.05, 0.1) is 10.0 Å². The number of nitrogens with one attached hydrogen (secondary N) is 1. The van der Waals surface area contributed by atoms with Gasteiger partial charge in [0.1, 0.15) is 4.90 Å². The number of hydrogen-bond acceptors (Lipinski definition) is 3. The summed E-state index contributed by atoms with van der Waals surface area (Å²) < 4.78 is 27.0. The third-order valence-electron chi connectivity index (χ3n) is 1.94. The molecular formula is C9H11BrCl2N2O2S. The van der Waals surface area contributed by atoms with Gasteiger partial charge in [0.25, 0.3) is 0 Å². The van der Waals surface area contributed by atoms with E-state index in [1.807, 2.05) is 0 Å². The van der Waals surface area contributed by atoms with Gasteiger partial charge in [-0.2, -0.15) is 0 Å². The van der Waals surface area contributed by atoms with Crippen molar-refractivity contribution in [2.45, 2.75) is 17.9 Å². The SMILES string of the molecule is C[C@@H](CN)NS(=O)(=O)c1c(Cl)cc(Br)cc1Cl. The summed E-state index contributed by atoms with van der Waals surface area (Å²) in [5, 5.41) is 0.113. The quantitative estimate of drug-likeness (QED) is 0.864. The van der Waals surface area contributed by atoms with Crippen molar-refractivity contribution in [2.24, 2.45) is 5.73 Å². The summed E-state index contributed by atoms with van der Waals surface area (Å²) in [7, 11) is -3.76. The fraction of sp³-hybridized carbons (Fsp3) is 0.333. The van der Waals surface area contributed by atoms with Crippen molar-refractivity contribution in [3.63, 3.8) is 0 Å². The molecule has 0 radical (unpaired) electrons. The number of halogens is 3. The molecule has 0 aromatic heterocycles. The van der Waals surface area contributed by atoms with Crippen LogP contribution >= 0.6 is 39.1 Å². The number of hydrogen-bond donors (Lipinski definition) is 2. The van der Waals surface area contributed by atoms with Gasteiger partial charge < -0.3 is 5.73 Å². The molecular weight excluding hydrogens is 351 g/mol. The van der Waals surface area contributed by atoms with Crippen LogP contribution in [0.3, 0.4) is 0 Å². The van der Waals surface area contributed by atoms with Crippen molar-refractivity contribution in [1.82, 2.24) is 4.72 Å². The van der Waals surface area contributed by atoms with Gasteiger partial charge >= 0.3 is 0 Å². The van der Waals surface area contributed by atoms with Crippen molar-refractivity contribution in [1.29, 1.82) is 0 Å². The van der Waals surface area contributed by atoms with E-state index in [1.54, 1.807) is 6.92 Å². The highest BCUT2D eigenvalue weighted by Crippen LogP contribution is 2.32. The molecule has 0 bridgehead atoms. The average molecular weight is 362 g/mol. The van der Waals surface area contributed by atoms with Gasteiger partial charge in [0, 0.05) is 17.1 Å². The maximum absolute atomic E-state index is 12.0. The van der Waals surface area contributed by atoms with Gasteiger partial charge in [-0.3, -0.25) is 0 Å². The first-order chi connectivity index (χ1) is 7.77. The molecule has 1 rings (SSSR count). The lowest BCUT2D eigenvalue weighted by atomic mass is 10.4. The van der Waals surface area contributed by atoms with Crippen LogP contribution in [-0.4, -0.2) is 21.0 Å². The third kappa shape index (κ3) is 3.81. The zero-order valence-electron chi connectivity index (χ0n) is 8.88. The minimum Gasteiger partial charge on any atom is -0.329 e. The zero-order valence-corrected chi connectivity index (χ0v) is 12.8. The number of rotatable bonds is 4. The summed E-state index contributed by atoms with van der Waals surface area (Å²) in [6, 6.07) is 2.54. The first-order valence-corrected chi connectivity index (χ1v) is 7.68. The summed E-state index contributed by atoms with van der Waals surface area (Å²) in [4.78, 5) is -0.135. The fourth-order valence-corrected chi connectivity index (χ4v) is 4.35. The molecule has 0 saturated carbocycles. The highest BCUT2D eigenvalue weighted by Gasteiger charge is 2.23. The molecule has 0 amide bonds. The van der Waals surface area contributed by atoms with E-state index < -0.39 is 16.1 Å². The lowest BCUT2D eigenvalue weighted by molar-refractivity contribution is 0.563. The van der Waals surface area contributed by atoms with Crippen LogP contribution in [-0.2, 0) is 10.0 Å². The molecule has 1 aromatic carbocycles. The van der Waals surface area contributed by atoms with E-state index in [0.717, 1.165) is 0 Å². The number of benzene rings is 1. The Morgan fingerprint density at radius 1 is 1.41 bits per heavy atom. The van der Waals surface area contributed by atoms with Crippen LogP contribution < -0.4 is 10.5 Å². The molecule has 0 aliphatic carbocycles. The molecule has 4 nitrogen and oxygen atoms in total. The van der Waals surface area contributed by atoms with Crippen molar-refractivity contribution >= 4 is 49.2 Å². The Bertz CT molecular complexity index is 499. The Labute approximate surface area is 119 Å². The summed E-state index contributed by atoms with van der Waals surface area (Å²) in [5.74, 6) is 0. The summed E-state index contributed by atoms with van der Waals surface area (Å²) >= 11 is 14.9. The predicted molar refractivity (Wildman–Crippen MR) is 73.0 cm³/mol. The smallest absolute Gasteiger partial charge is 0.243 e. The molecule has 8 heteroatoms. The van der Waals surface area contributed by atoms with Gasteiger partial charge in [-0.25, -0.2) is 13.1 Å². The largest absolute Gasteiger partial charge is 0.329 e. The molecule has 96 valence electrons. The van der Waals surface area contributed by atoms with Gasteiger partial charge in [-0.05, 0) is 19.1 Å². The maximum atomic E-state index is 12.0. The molecule has 0 saturated heterocycles. The Hall–Kier alpha value is 0.150. The van der Waals surface area contributed by atoms with Crippen LogP contribution in [0.1, 0.15) is 6.92 Å². The van der Waals surface area contributed by atoms with Crippen molar-refractivity contribution in [3.05, 3.63) is 26.7 Å². The molecule has 0 aliphatic heterocycles. The Morgan fingerprint density at radius 3 is 2.29 bits per heavy atom. The van der Waals surface area contributed by atoms with E-state index in [2.05, 4.69) is 20.7 Å². The van der Waals surface area contributed by atoms with Crippen LogP contribution in [0.15, 0.2) is 21.5 Å². The zero-order chi connectivity index (χ0) is 13.2. The highest BCUT2D eigenvalue weighted by molar-refractivity contribution is 9.10. The van der Waals surface area contributed by atoms with E-state index in [1.165, 1.54) is 12.1 Å². The summed E-state index contributed by atoms with van der Waals surface area (Å²) in [5.41, 5.74) is 5.36. The van der Waals surface area contributed by atoms with Crippen molar-refractivity contribution in [2.75, 3.05) is 6.54 Å². The number of sulfonamides is 1. The second-order valence-corrected chi connectivity index (χ2v) is 6.84. The third-order valence-corrected chi connectivity index (χ3v) is 4.91. The predicted octanol–water partition coefficient (Wildman–Crippen LogP) is 2.38. The molecule has 3 N–H and O–H groups in total. The van der Waals surface area contributed by atoms with Crippen molar-refractivity contribution in [3.8, 4) is 0 Å². The fourth-order valence-electron chi connectivity index (χ4n) is 1.16. The normalized spacial score (nSPS) is 13.7. The van der Waals surface area contributed by atoms with E-state index >= 15 is 0 Å². The minimum absolute atomic E-state index is 0.0566. The van der Waals surface area contributed by atoms with Crippen LogP contribution in [0, 0.1) is 0 Å². The first-order valence-electron chi connectivity index (χ1n) is 4.65. The Morgan fingerprint density at radius 2 is 1.88 bits per heavy atom. The molecule has 0 heterocycles. The highest BCUT2D eigenvalue weighted by atomic mass is 79.9. The summed E-state index contributed by atoms with van der Waals surface area (Å²) in [6.45, 7) is 1.84. The van der Waals surface area contributed by atoms with Crippen LogP contribution in [0.4, 0.5) is 0 Å². The van der Waals surface area contributed by atoms with Crippen molar-refractivity contribution < 1.29 is 8.42 Å². The van der Waals surface area contributed by atoms with E-state index in [9.17, 15) is 8.42 Å². The second kappa shape index (κ2) is 5.86. The molecule has 1 aromatic rings. The second-order valence-electron chi connectivity index (χ2n) is 3.46. The monoisotopic (exact) mass is 360 g/mol. The minimum atomic E-state index is -3.76. The van der Waals surface area contributed by atoms with E-state index in [0.29, 0.717) is 4.47 Å². The lowest BCUT2D eigenvalue weighted by Crippen LogP contribution is -2.38. The molecule has 1 atom stereocenters.